The number of hydrazine groups is 1. The molecule has 0 saturated heterocycles. The van der Waals surface area contributed by atoms with E-state index in [0.29, 0.717) is 11.3 Å². The molecule has 35 heavy (non-hydrogen) atoms. The molecule has 11 nitrogen and oxygen atoms in total. The van der Waals surface area contributed by atoms with Crippen LogP contribution in [0.4, 0.5) is 5.69 Å². The zero-order chi connectivity index (χ0) is 25.0. The number of carbonyl (C=O) groups is 2. The molecule has 0 aliphatic carbocycles. The van der Waals surface area contributed by atoms with Gasteiger partial charge in [0, 0.05) is 5.56 Å². The maximum Gasteiger partial charge on any atom is 0.271 e. The van der Waals surface area contributed by atoms with Crippen molar-refractivity contribution in [2.24, 2.45) is 0 Å². The quantitative estimate of drug-likeness (QED) is 0.350. The van der Waals surface area contributed by atoms with Crippen molar-refractivity contribution in [1.29, 1.82) is 0 Å². The second-order valence-electron chi connectivity index (χ2n) is 7.63. The number of amides is 2. The first-order chi connectivity index (χ1) is 16.7. The van der Waals surface area contributed by atoms with Crippen molar-refractivity contribution in [3.05, 3.63) is 95.3 Å². The number of aryl methyl sites for hydroxylation is 2. The van der Waals surface area contributed by atoms with Crippen molar-refractivity contribution in [2.75, 3.05) is 4.72 Å². The highest BCUT2D eigenvalue weighted by atomic mass is 32.2. The van der Waals surface area contributed by atoms with Gasteiger partial charge in [-0.15, -0.1) is 5.10 Å². The number of nitrogens with zero attached hydrogens (tertiary/aromatic N) is 4. The summed E-state index contributed by atoms with van der Waals surface area (Å²) in [6.45, 7) is 3.49. The predicted octanol–water partition coefficient (Wildman–Crippen LogP) is 2.15. The lowest BCUT2D eigenvalue weighted by molar-refractivity contribution is 0.0847. The largest absolute Gasteiger partial charge is 0.279 e. The molecule has 1 heterocycles. The monoisotopic (exact) mass is 491 g/mol. The van der Waals surface area contributed by atoms with Crippen LogP contribution in [0.5, 0.6) is 0 Å². The summed E-state index contributed by atoms with van der Waals surface area (Å²) in [6.07, 6.45) is 1.42. The van der Waals surface area contributed by atoms with Crippen LogP contribution >= 0.6 is 0 Å². The average molecular weight is 492 g/mol. The van der Waals surface area contributed by atoms with Gasteiger partial charge in [0.1, 0.15) is 6.33 Å². The maximum atomic E-state index is 13.0. The SMILES string of the molecule is Cc1ccc(C)c(S(=O)(=O)Nc2ccccc2C(=O)NNC(=O)c2ccc(-n3cnnn3)cc2)c1. The van der Waals surface area contributed by atoms with Gasteiger partial charge in [-0.25, -0.2) is 13.1 Å². The molecule has 4 aromatic rings. The number of nitrogens with one attached hydrogen (secondary N) is 3. The van der Waals surface area contributed by atoms with Gasteiger partial charge in [0.15, 0.2) is 0 Å². The number of rotatable bonds is 6. The highest BCUT2D eigenvalue weighted by Gasteiger charge is 2.21. The number of hydrogen-bond acceptors (Lipinski definition) is 7. The lowest BCUT2D eigenvalue weighted by Gasteiger charge is -2.14. The number of aromatic nitrogens is 4. The van der Waals surface area contributed by atoms with E-state index in [1.165, 1.54) is 23.1 Å². The smallest absolute Gasteiger partial charge is 0.271 e. The lowest BCUT2D eigenvalue weighted by Crippen LogP contribution is -2.41. The van der Waals surface area contributed by atoms with Gasteiger partial charge in [-0.2, -0.15) is 0 Å². The van der Waals surface area contributed by atoms with Gasteiger partial charge in [-0.3, -0.25) is 25.2 Å². The fraction of sp³-hybridized carbons (Fsp3) is 0.0870. The molecule has 0 saturated carbocycles. The summed E-state index contributed by atoms with van der Waals surface area (Å²) in [4.78, 5) is 25.3. The van der Waals surface area contributed by atoms with E-state index in [4.69, 9.17) is 0 Å². The van der Waals surface area contributed by atoms with Crippen LogP contribution in [-0.4, -0.2) is 40.4 Å². The van der Waals surface area contributed by atoms with E-state index in [1.54, 1.807) is 62.4 Å². The van der Waals surface area contributed by atoms with Crippen molar-refractivity contribution in [2.45, 2.75) is 18.7 Å². The predicted molar refractivity (Wildman–Crippen MR) is 127 cm³/mol. The third-order valence-corrected chi connectivity index (χ3v) is 6.59. The Labute approximate surface area is 201 Å². The van der Waals surface area contributed by atoms with Gasteiger partial charge < -0.3 is 0 Å². The Morgan fingerprint density at radius 1 is 0.886 bits per heavy atom. The number of tetrazole rings is 1. The Morgan fingerprint density at radius 3 is 2.31 bits per heavy atom. The molecule has 3 N–H and O–H groups in total. The van der Waals surface area contributed by atoms with Gasteiger partial charge >= 0.3 is 0 Å². The van der Waals surface area contributed by atoms with E-state index < -0.39 is 21.8 Å². The molecule has 0 bridgehead atoms. The van der Waals surface area contributed by atoms with Gasteiger partial charge in [0.05, 0.1) is 21.8 Å². The first-order valence-corrected chi connectivity index (χ1v) is 11.9. The first kappa shape index (κ1) is 23.6. The Kier molecular flexibility index (Phi) is 6.55. The minimum absolute atomic E-state index is 0.0377. The first-order valence-electron chi connectivity index (χ1n) is 10.4. The van der Waals surface area contributed by atoms with Crippen molar-refractivity contribution in [3.8, 4) is 5.69 Å². The normalized spacial score (nSPS) is 11.0. The van der Waals surface area contributed by atoms with Crippen LogP contribution in [0.15, 0.2) is 78.0 Å². The summed E-state index contributed by atoms with van der Waals surface area (Å²) >= 11 is 0. The highest BCUT2D eigenvalue weighted by Crippen LogP contribution is 2.23. The van der Waals surface area contributed by atoms with E-state index in [0.717, 1.165) is 5.56 Å². The van der Waals surface area contributed by atoms with Gasteiger partial charge in [0.2, 0.25) is 0 Å². The second kappa shape index (κ2) is 9.73. The maximum absolute atomic E-state index is 13.0. The van der Waals surface area contributed by atoms with Crippen LogP contribution < -0.4 is 15.6 Å². The fourth-order valence-electron chi connectivity index (χ4n) is 3.26. The van der Waals surface area contributed by atoms with Crippen LogP contribution in [0.25, 0.3) is 5.69 Å². The van der Waals surface area contributed by atoms with Crippen LogP contribution in [0.3, 0.4) is 0 Å². The van der Waals surface area contributed by atoms with E-state index >= 15 is 0 Å². The van der Waals surface area contributed by atoms with E-state index in [2.05, 4.69) is 31.1 Å². The number of sulfonamides is 1. The molecule has 0 fully saturated rings. The summed E-state index contributed by atoms with van der Waals surface area (Å²) in [5.74, 6) is -1.25. The molecule has 0 atom stereocenters. The van der Waals surface area contributed by atoms with Crippen molar-refractivity contribution >= 4 is 27.5 Å². The molecule has 4 rings (SSSR count). The Balaban J connectivity index is 1.46. The van der Waals surface area contributed by atoms with Gasteiger partial charge in [0.25, 0.3) is 21.8 Å². The molecule has 178 valence electrons. The zero-order valence-corrected chi connectivity index (χ0v) is 19.6. The molecule has 0 unspecified atom stereocenters. The van der Waals surface area contributed by atoms with Crippen LogP contribution in [0, 0.1) is 13.8 Å². The van der Waals surface area contributed by atoms with Crippen molar-refractivity contribution in [3.63, 3.8) is 0 Å². The molecule has 0 aliphatic heterocycles. The molecule has 0 radical (unpaired) electrons. The topological polar surface area (TPSA) is 148 Å². The van der Waals surface area contributed by atoms with Crippen LogP contribution in [0.1, 0.15) is 31.8 Å². The number of benzene rings is 3. The summed E-state index contributed by atoms with van der Waals surface area (Å²) in [6, 6.07) is 17.6. The van der Waals surface area contributed by atoms with Gasteiger partial charge in [-0.05, 0) is 77.9 Å². The summed E-state index contributed by atoms with van der Waals surface area (Å²) in [5, 5.41) is 10.9. The average Bonchev–Trinajstić information content (AvgIpc) is 3.39. The van der Waals surface area contributed by atoms with Crippen LogP contribution in [0.2, 0.25) is 0 Å². The molecule has 12 heteroatoms. The van der Waals surface area contributed by atoms with E-state index in [-0.39, 0.29) is 21.7 Å². The number of anilines is 1. The van der Waals surface area contributed by atoms with Gasteiger partial charge in [-0.1, -0.05) is 24.3 Å². The summed E-state index contributed by atoms with van der Waals surface area (Å²) in [7, 11) is -3.95. The standard InChI is InChI=1S/C23H21N7O4S/c1-15-7-8-16(2)21(13-15)35(33,34)27-20-6-4-3-5-19(20)23(32)26-25-22(31)17-9-11-18(12-10-17)30-14-24-28-29-30/h3-14,27H,1-2H3,(H,25,31)(H,26,32). The summed E-state index contributed by atoms with van der Waals surface area (Å²) < 4.78 is 29.9. The molecule has 3 aromatic carbocycles. The molecule has 1 aromatic heterocycles. The molecule has 2 amide bonds. The fourth-order valence-corrected chi connectivity index (χ4v) is 4.68. The van der Waals surface area contributed by atoms with Crippen LogP contribution in [-0.2, 0) is 10.0 Å². The van der Waals surface area contributed by atoms with E-state index in [1.807, 2.05) is 6.07 Å². The van der Waals surface area contributed by atoms with Crippen molar-refractivity contribution < 1.29 is 18.0 Å². The third-order valence-electron chi connectivity index (χ3n) is 5.08. The van der Waals surface area contributed by atoms with E-state index in [9.17, 15) is 18.0 Å². The molecular weight excluding hydrogens is 470 g/mol. The Bertz CT molecular complexity index is 1480. The Morgan fingerprint density at radius 2 is 1.60 bits per heavy atom. The number of carbonyl (C=O) groups excluding carboxylic acids is 2. The zero-order valence-electron chi connectivity index (χ0n) is 18.8. The Hall–Kier alpha value is -4.58. The second-order valence-corrected chi connectivity index (χ2v) is 9.28. The minimum Gasteiger partial charge on any atom is -0.279 e. The molecule has 0 aliphatic rings. The van der Waals surface area contributed by atoms with Crippen molar-refractivity contribution in [1.82, 2.24) is 31.1 Å². The molecular formula is C23H21N7O4S. The molecule has 0 spiro atoms. The third kappa shape index (κ3) is 5.33. The number of para-hydroxylation sites is 1. The lowest BCUT2D eigenvalue weighted by atomic mass is 10.2. The number of hydrogen-bond donors (Lipinski definition) is 3. The minimum atomic E-state index is -3.95. The highest BCUT2D eigenvalue weighted by molar-refractivity contribution is 7.92. The summed E-state index contributed by atoms with van der Waals surface area (Å²) in [5.41, 5.74) is 7.05.